The van der Waals surface area contributed by atoms with Crippen LogP contribution in [0.3, 0.4) is 0 Å². The van der Waals surface area contributed by atoms with E-state index in [1.165, 1.54) is 24.9 Å². The van der Waals surface area contributed by atoms with Crippen LogP contribution in [0.25, 0.3) is 26.8 Å². The predicted octanol–water partition coefficient (Wildman–Crippen LogP) is 4.81. The molecule has 29 heavy (non-hydrogen) atoms. The summed E-state index contributed by atoms with van der Waals surface area (Å²) in [6.07, 6.45) is 5.76. The van der Waals surface area contributed by atoms with E-state index >= 15 is 0 Å². The lowest BCUT2D eigenvalue weighted by atomic mass is 10.1. The van der Waals surface area contributed by atoms with Crippen molar-refractivity contribution in [2.45, 2.75) is 19.3 Å². The quantitative estimate of drug-likeness (QED) is 0.528. The van der Waals surface area contributed by atoms with E-state index < -0.39 is 5.97 Å². The lowest BCUT2D eigenvalue weighted by Gasteiger charge is -2.28. The van der Waals surface area contributed by atoms with Crippen LogP contribution in [0, 0.1) is 0 Å². The fourth-order valence-corrected chi connectivity index (χ4v) is 4.59. The second kappa shape index (κ2) is 7.33. The molecule has 6 nitrogen and oxygen atoms in total. The molecule has 0 bridgehead atoms. The number of fused-ring (bicyclic) bond motifs is 1. The van der Waals surface area contributed by atoms with Crippen molar-refractivity contribution in [2.75, 3.05) is 18.0 Å². The van der Waals surface area contributed by atoms with Crippen LogP contribution in [0.1, 0.15) is 29.6 Å². The molecule has 1 saturated heterocycles. The molecule has 0 saturated carbocycles. The van der Waals surface area contributed by atoms with Gasteiger partial charge in [0.2, 0.25) is 4.96 Å². The zero-order valence-electron chi connectivity index (χ0n) is 15.8. The number of imidazole rings is 1. The van der Waals surface area contributed by atoms with E-state index in [0.717, 1.165) is 39.9 Å². The maximum absolute atomic E-state index is 11.0. The highest BCUT2D eigenvalue weighted by Crippen LogP contribution is 2.30. The number of carbonyl (C=O) groups is 1. The molecule has 3 heterocycles. The maximum atomic E-state index is 11.0. The molecule has 2 aromatic carbocycles. The first kappa shape index (κ1) is 17.9. The van der Waals surface area contributed by atoms with Crippen molar-refractivity contribution in [1.29, 1.82) is 0 Å². The van der Waals surface area contributed by atoms with Crippen LogP contribution in [-0.2, 0) is 0 Å². The average molecular weight is 404 g/mol. The third-order valence-corrected chi connectivity index (χ3v) is 6.28. The summed E-state index contributed by atoms with van der Waals surface area (Å²) >= 11 is 1.55. The molecule has 0 radical (unpaired) electrons. The molecule has 146 valence electrons. The standard InChI is InChI=1S/C22H20N4O2S/c27-21(28)17-6-4-15(5-7-17)19-14-26-22(23-19)29-20(24-26)16-8-10-18(11-9-16)25-12-2-1-3-13-25/h4-11,14H,1-3,12-13H2,(H,27,28). The predicted molar refractivity (Wildman–Crippen MR) is 115 cm³/mol. The van der Waals surface area contributed by atoms with Gasteiger partial charge in [0.15, 0.2) is 0 Å². The van der Waals surface area contributed by atoms with E-state index in [1.54, 1.807) is 40.1 Å². The number of piperidine rings is 1. The van der Waals surface area contributed by atoms with Gasteiger partial charge in [-0.25, -0.2) is 14.3 Å². The van der Waals surface area contributed by atoms with Crippen molar-refractivity contribution in [2.24, 2.45) is 0 Å². The smallest absolute Gasteiger partial charge is 0.335 e. The van der Waals surface area contributed by atoms with Gasteiger partial charge < -0.3 is 10.0 Å². The molecule has 7 heteroatoms. The minimum Gasteiger partial charge on any atom is -0.478 e. The Morgan fingerprint density at radius 1 is 0.931 bits per heavy atom. The van der Waals surface area contributed by atoms with Crippen LogP contribution >= 0.6 is 11.3 Å². The van der Waals surface area contributed by atoms with Crippen molar-refractivity contribution >= 4 is 28.0 Å². The van der Waals surface area contributed by atoms with Gasteiger partial charge >= 0.3 is 5.97 Å². The van der Waals surface area contributed by atoms with Crippen LogP contribution in [-0.4, -0.2) is 38.8 Å². The maximum Gasteiger partial charge on any atom is 0.335 e. The lowest BCUT2D eigenvalue weighted by Crippen LogP contribution is -2.29. The molecule has 4 aromatic rings. The summed E-state index contributed by atoms with van der Waals surface area (Å²) < 4.78 is 1.79. The molecule has 0 atom stereocenters. The Kier molecular flexibility index (Phi) is 4.52. The Hall–Kier alpha value is -3.19. The van der Waals surface area contributed by atoms with E-state index in [-0.39, 0.29) is 5.56 Å². The van der Waals surface area contributed by atoms with E-state index in [0.29, 0.717) is 0 Å². The van der Waals surface area contributed by atoms with Crippen LogP contribution in [0.15, 0.2) is 54.7 Å². The van der Waals surface area contributed by atoms with Gasteiger partial charge in [-0.2, -0.15) is 5.10 Å². The number of hydrogen-bond acceptors (Lipinski definition) is 5. The summed E-state index contributed by atoms with van der Waals surface area (Å²) in [7, 11) is 0. The number of carboxylic acid groups (broad SMARTS) is 1. The summed E-state index contributed by atoms with van der Waals surface area (Å²) in [5.74, 6) is -0.931. The highest BCUT2D eigenvalue weighted by Gasteiger charge is 2.14. The molecule has 0 aliphatic carbocycles. The SMILES string of the molecule is O=C(O)c1ccc(-c2cn3nc(-c4ccc(N5CCCCC5)cc4)sc3n2)cc1. The second-order valence-electron chi connectivity index (χ2n) is 7.24. The monoisotopic (exact) mass is 404 g/mol. The molecule has 5 rings (SSSR count). The summed E-state index contributed by atoms with van der Waals surface area (Å²) in [6, 6.07) is 15.4. The van der Waals surface area contributed by atoms with Crippen LogP contribution in [0.5, 0.6) is 0 Å². The fraction of sp³-hybridized carbons (Fsp3) is 0.227. The third kappa shape index (κ3) is 3.49. The second-order valence-corrected chi connectivity index (χ2v) is 8.19. The molecular formula is C22H20N4O2S. The number of benzene rings is 2. The van der Waals surface area contributed by atoms with Crippen molar-refractivity contribution in [3.63, 3.8) is 0 Å². The zero-order chi connectivity index (χ0) is 19.8. The number of aromatic carboxylic acids is 1. The zero-order valence-corrected chi connectivity index (χ0v) is 16.6. The third-order valence-electron chi connectivity index (χ3n) is 5.31. The summed E-state index contributed by atoms with van der Waals surface area (Å²) in [5.41, 5.74) is 4.30. The van der Waals surface area contributed by atoms with Crippen LogP contribution in [0.2, 0.25) is 0 Å². The minimum absolute atomic E-state index is 0.267. The minimum atomic E-state index is -0.931. The fourth-order valence-electron chi connectivity index (χ4n) is 3.71. The van der Waals surface area contributed by atoms with Gasteiger partial charge in [-0.05, 0) is 55.7 Å². The Balaban J connectivity index is 1.38. The Bertz CT molecular complexity index is 1120. The Morgan fingerprint density at radius 2 is 1.62 bits per heavy atom. The lowest BCUT2D eigenvalue weighted by molar-refractivity contribution is 0.0697. The van der Waals surface area contributed by atoms with E-state index in [4.69, 9.17) is 5.11 Å². The van der Waals surface area contributed by atoms with Crippen LogP contribution in [0.4, 0.5) is 5.69 Å². The van der Waals surface area contributed by atoms with Crippen molar-refractivity contribution < 1.29 is 9.90 Å². The number of carboxylic acids is 1. The summed E-state index contributed by atoms with van der Waals surface area (Å²) in [4.78, 5) is 18.9. The normalized spacial score (nSPS) is 14.4. The first-order valence-corrected chi connectivity index (χ1v) is 10.5. The molecule has 1 N–H and O–H groups in total. The topological polar surface area (TPSA) is 70.7 Å². The number of anilines is 1. The molecule has 1 aliphatic heterocycles. The molecule has 1 fully saturated rings. The highest BCUT2D eigenvalue weighted by atomic mass is 32.1. The summed E-state index contributed by atoms with van der Waals surface area (Å²) in [6.45, 7) is 2.28. The molecule has 1 aliphatic rings. The van der Waals surface area contributed by atoms with Gasteiger partial charge in [0.1, 0.15) is 5.01 Å². The van der Waals surface area contributed by atoms with E-state index in [2.05, 4.69) is 39.2 Å². The van der Waals surface area contributed by atoms with Crippen molar-refractivity contribution in [1.82, 2.24) is 14.6 Å². The van der Waals surface area contributed by atoms with Crippen molar-refractivity contribution in [3.05, 3.63) is 60.3 Å². The van der Waals surface area contributed by atoms with Gasteiger partial charge in [0.25, 0.3) is 0 Å². The first-order chi connectivity index (χ1) is 14.2. The van der Waals surface area contributed by atoms with Gasteiger partial charge in [-0.3, -0.25) is 0 Å². The summed E-state index contributed by atoms with van der Waals surface area (Å²) in [5, 5.41) is 14.6. The van der Waals surface area contributed by atoms with Gasteiger partial charge in [0.05, 0.1) is 17.5 Å². The average Bonchev–Trinajstić information content (AvgIpc) is 3.34. The number of rotatable bonds is 4. The highest BCUT2D eigenvalue weighted by molar-refractivity contribution is 7.19. The van der Waals surface area contributed by atoms with E-state index in [1.807, 2.05) is 6.20 Å². The number of hydrogen-bond donors (Lipinski definition) is 1. The Morgan fingerprint density at radius 3 is 2.28 bits per heavy atom. The molecule has 0 unspecified atom stereocenters. The van der Waals surface area contributed by atoms with E-state index in [9.17, 15) is 4.79 Å². The van der Waals surface area contributed by atoms with Gasteiger partial charge in [-0.15, -0.1) is 0 Å². The van der Waals surface area contributed by atoms with Gasteiger partial charge in [0, 0.05) is 29.9 Å². The van der Waals surface area contributed by atoms with Crippen LogP contribution < -0.4 is 4.90 Å². The van der Waals surface area contributed by atoms with Gasteiger partial charge in [-0.1, -0.05) is 23.5 Å². The molecule has 2 aromatic heterocycles. The van der Waals surface area contributed by atoms with Crippen molar-refractivity contribution in [3.8, 4) is 21.8 Å². The first-order valence-electron chi connectivity index (χ1n) is 9.73. The molecule has 0 amide bonds. The largest absolute Gasteiger partial charge is 0.478 e. The number of aromatic nitrogens is 3. The molecular weight excluding hydrogens is 384 g/mol. The molecule has 0 spiro atoms. The Labute approximate surface area is 172 Å². The number of nitrogens with zero attached hydrogens (tertiary/aromatic N) is 4.